The highest BCUT2D eigenvalue weighted by Gasteiger charge is 2.33. The topological polar surface area (TPSA) is 67.6 Å². The summed E-state index contributed by atoms with van der Waals surface area (Å²) in [5.41, 5.74) is 4.89. The Bertz CT molecular complexity index is 267. The van der Waals surface area contributed by atoms with Gasteiger partial charge in [0.2, 0.25) is 5.91 Å². The van der Waals surface area contributed by atoms with E-state index < -0.39 is 5.54 Å². The lowest BCUT2D eigenvalue weighted by Gasteiger charge is -2.37. The zero-order chi connectivity index (χ0) is 13.6. The summed E-state index contributed by atoms with van der Waals surface area (Å²) in [4.78, 5) is 13.9. The maximum Gasteiger partial charge on any atom is 0.238 e. The molecule has 106 valence electrons. The number of nitrogens with one attached hydrogen (secondary N) is 1. The van der Waals surface area contributed by atoms with Gasteiger partial charge in [-0.2, -0.15) is 0 Å². The number of likely N-dealkylation sites (N-methyl/N-ethyl adjacent to an activating group) is 1. The number of amides is 1. The number of carbonyl (C=O) groups excluding carboxylic acids is 1. The molecule has 0 aromatic carbocycles. The minimum Gasteiger partial charge on any atom is -0.381 e. The third-order valence-electron chi connectivity index (χ3n) is 3.69. The standard InChI is InChI=1S/C13H27N3O2/c1-4-7-15-13(2,12(14)17)10-16(3)11-5-8-18-9-6-11/h11,15H,4-10H2,1-3H3,(H2,14,17). The average molecular weight is 257 g/mol. The molecule has 0 saturated carbocycles. The predicted octanol–water partition coefficient (Wildman–Crippen LogP) is 0.341. The molecular formula is C13H27N3O2. The number of carbonyl (C=O) groups is 1. The lowest BCUT2D eigenvalue weighted by atomic mass is 9.98. The molecule has 1 aliphatic rings. The first-order valence-electron chi connectivity index (χ1n) is 6.82. The van der Waals surface area contributed by atoms with E-state index in [4.69, 9.17) is 10.5 Å². The van der Waals surface area contributed by atoms with E-state index >= 15 is 0 Å². The van der Waals surface area contributed by atoms with Crippen molar-refractivity contribution in [2.24, 2.45) is 5.73 Å². The predicted molar refractivity (Wildman–Crippen MR) is 72.4 cm³/mol. The number of nitrogens with two attached hydrogens (primary N) is 1. The number of primary amides is 1. The molecule has 1 rings (SSSR count). The fourth-order valence-electron chi connectivity index (χ4n) is 2.38. The maximum absolute atomic E-state index is 11.7. The number of hydrogen-bond acceptors (Lipinski definition) is 4. The molecule has 1 amide bonds. The van der Waals surface area contributed by atoms with E-state index in [2.05, 4.69) is 24.2 Å². The Balaban J connectivity index is 2.55. The Morgan fingerprint density at radius 1 is 1.50 bits per heavy atom. The van der Waals surface area contributed by atoms with Crippen LogP contribution in [0, 0.1) is 0 Å². The first-order valence-corrected chi connectivity index (χ1v) is 6.82. The number of hydrogen-bond donors (Lipinski definition) is 2. The molecule has 1 atom stereocenters. The molecule has 3 N–H and O–H groups in total. The van der Waals surface area contributed by atoms with Gasteiger partial charge < -0.3 is 20.7 Å². The molecule has 0 aromatic rings. The summed E-state index contributed by atoms with van der Waals surface area (Å²) >= 11 is 0. The summed E-state index contributed by atoms with van der Waals surface area (Å²) in [5.74, 6) is -0.283. The van der Waals surface area contributed by atoms with Crippen LogP contribution < -0.4 is 11.1 Å². The zero-order valence-electron chi connectivity index (χ0n) is 11.9. The Morgan fingerprint density at radius 3 is 2.61 bits per heavy atom. The van der Waals surface area contributed by atoms with Crippen LogP contribution in [0.3, 0.4) is 0 Å². The Labute approximate surface area is 110 Å². The van der Waals surface area contributed by atoms with Crippen LogP contribution in [-0.2, 0) is 9.53 Å². The van der Waals surface area contributed by atoms with Gasteiger partial charge in [0.05, 0.1) is 0 Å². The third-order valence-corrected chi connectivity index (χ3v) is 3.69. The van der Waals surface area contributed by atoms with Crippen LogP contribution in [0.4, 0.5) is 0 Å². The van der Waals surface area contributed by atoms with E-state index in [-0.39, 0.29) is 5.91 Å². The lowest BCUT2D eigenvalue weighted by molar-refractivity contribution is -0.124. The quantitative estimate of drug-likeness (QED) is 0.690. The van der Waals surface area contributed by atoms with Crippen molar-refractivity contribution in [3.8, 4) is 0 Å². The second-order valence-corrected chi connectivity index (χ2v) is 5.38. The summed E-state index contributed by atoms with van der Waals surface area (Å²) in [6.07, 6.45) is 3.04. The average Bonchev–Trinajstić information content (AvgIpc) is 2.37. The minimum absolute atomic E-state index is 0.283. The second-order valence-electron chi connectivity index (χ2n) is 5.38. The summed E-state index contributed by atoms with van der Waals surface area (Å²) in [6.45, 7) is 7.04. The molecule has 0 bridgehead atoms. The van der Waals surface area contributed by atoms with Crippen LogP contribution in [0.25, 0.3) is 0 Å². The van der Waals surface area contributed by atoms with Gasteiger partial charge in [-0.25, -0.2) is 0 Å². The van der Waals surface area contributed by atoms with E-state index in [1.54, 1.807) is 0 Å². The minimum atomic E-state index is -0.650. The van der Waals surface area contributed by atoms with Gasteiger partial charge in [-0.15, -0.1) is 0 Å². The van der Waals surface area contributed by atoms with E-state index in [0.29, 0.717) is 12.6 Å². The van der Waals surface area contributed by atoms with Crippen LogP contribution in [0.2, 0.25) is 0 Å². The molecule has 1 saturated heterocycles. The fraction of sp³-hybridized carbons (Fsp3) is 0.923. The van der Waals surface area contributed by atoms with Gasteiger partial charge in [0, 0.05) is 25.8 Å². The molecule has 1 unspecified atom stereocenters. The Hall–Kier alpha value is -0.650. The molecule has 0 radical (unpaired) electrons. The van der Waals surface area contributed by atoms with Gasteiger partial charge in [0.15, 0.2) is 0 Å². The molecule has 5 nitrogen and oxygen atoms in total. The highest BCUT2D eigenvalue weighted by atomic mass is 16.5. The normalized spacial score (nSPS) is 20.9. The molecule has 0 aromatic heterocycles. The first-order chi connectivity index (χ1) is 8.49. The van der Waals surface area contributed by atoms with Crippen molar-refractivity contribution in [2.75, 3.05) is 33.4 Å². The summed E-state index contributed by atoms with van der Waals surface area (Å²) in [5, 5.41) is 3.27. The van der Waals surface area contributed by atoms with Crippen LogP contribution in [0.1, 0.15) is 33.1 Å². The molecular weight excluding hydrogens is 230 g/mol. The van der Waals surface area contributed by atoms with Gasteiger partial charge in [-0.05, 0) is 39.8 Å². The Morgan fingerprint density at radius 2 is 2.11 bits per heavy atom. The van der Waals surface area contributed by atoms with Crippen molar-refractivity contribution in [1.82, 2.24) is 10.2 Å². The number of rotatable bonds is 7. The van der Waals surface area contributed by atoms with Crippen molar-refractivity contribution in [1.29, 1.82) is 0 Å². The van der Waals surface area contributed by atoms with Gasteiger partial charge in [0.25, 0.3) is 0 Å². The molecule has 5 heteroatoms. The smallest absolute Gasteiger partial charge is 0.238 e. The van der Waals surface area contributed by atoms with Crippen molar-refractivity contribution in [3.63, 3.8) is 0 Å². The van der Waals surface area contributed by atoms with Crippen LogP contribution in [0.5, 0.6) is 0 Å². The van der Waals surface area contributed by atoms with Crippen molar-refractivity contribution in [2.45, 2.75) is 44.7 Å². The molecule has 18 heavy (non-hydrogen) atoms. The van der Waals surface area contributed by atoms with Gasteiger partial charge in [0.1, 0.15) is 5.54 Å². The molecule has 1 aliphatic heterocycles. The first kappa shape index (κ1) is 15.4. The van der Waals surface area contributed by atoms with Gasteiger partial charge in [-0.3, -0.25) is 4.79 Å². The summed E-state index contributed by atoms with van der Waals surface area (Å²) in [7, 11) is 2.06. The second kappa shape index (κ2) is 7.07. The van der Waals surface area contributed by atoms with Crippen molar-refractivity contribution < 1.29 is 9.53 Å². The monoisotopic (exact) mass is 257 g/mol. The summed E-state index contributed by atoms with van der Waals surface area (Å²) < 4.78 is 5.36. The van der Waals surface area contributed by atoms with E-state index in [1.165, 1.54) is 0 Å². The van der Waals surface area contributed by atoms with E-state index in [1.807, 2.05) is 6.92 Å². The highest BCUT2D eigenvalue weighted by molar-refractivity contribution is 5.84. The van der Waals surface area contributed by atoms with Gasteiger partial charge in [-0.1, -0.05) is 6.92 Å². The highest BCUT2D eigenvalue weighted by Crippen LogP contribution is 2.16. The third kappa shape index (κ3) is 4.23. The molecule has 0 aliphatic carbocycles. The molecule has 0 spiro atoms. The van der Waals surface area contributed by atoms with Crippen molar-refractivity contribution >= 4 is 5.91 Å². The molecule has 1 heterocycles. The SMILES string of the molecule is CCCNC(C)(CN(C)C1CCOCC1)C(N)=O. The molecule has 1 fully saturated rings. The summed E-state index contributed by atoms with van der Waals surface area (Å²) in [6, 6.07) is 0.487. The van der Waals surface area contributed by atoms with Crippen LogP contribution in [0.15, 0.2) is 0 Å². The van der Waals surface area contributed by atoms with E-state index in [9.17, 15) is 4.79 Å². The van der Waals surface area contributed by atoms with Crippen LogP contribution in [-0.4, -0.2) is 55.7 Å². The fourth-order valence-corrected chi connectivity index (χ4v) is 2.38. The van der Waals surface area contributed by atoms with Gasteiger partial charge >= 0.3 is 0 Å². The maximum atomic E-state index is 11.7. The largest absolute Gasteiger partial charge is 0.381 e. The Kier molecular flexibility index (Phi) is 6.05. The lowest BCUT2D eigenvalue weighted by Crippen LogP contribution is -2.60. The number of nitrogens with zero attached hydrogens (tertiary/aromatic N) is 1. The van der Waals surface area contributed by atoms with E-state index in [0.717, 1.165) is 39.0 Å². The number of ether oxygens (including phenoxy) is 1. The van der Waals surface area contributed by atoms with Crippen molar-refractivity contribution in [3.05, 3.63) is 0 Å². The zero-order valence-corrected chi connectivity index (χ0v) is 11.9. The van der Waals surface area contributed by atoms with Crippen LogP contribution >= 0.6 is 0 Å².